The minimum Gasteiger partial charge on any atom is -0.379 e. The van der Waals surface area contributed by atoms with Gasteiger partial charge in [-0.05, 0) is 50.2 Å². The van der Waals surface area contributed by atoms with E-state index < -0.39 is 0 Å². The van der Waals surface area contributed by atoms with Gasteiger partial charge in [0.1, 0.15) is 0 Å². The van der Waals surface area contributed by atoms with Crippen molar-refractivity contribution in [2.45, 2.75) is 33.1 Å². The van der Waals surface area contributed by atoms with Gasteiger partial charge in [0.2, 0.25) is 0 Å². The molecule has 1 heterocycles. The average Bonchev–Trinajstić information content (AvgIpc) is 3.37. The Morgan fingerprint density at radius 1 is 1.37 bits per heavy atom. The van der Waals surface area contributed by atoms with Crippen LogP contribution in [0.25, 0.3) is 10.9 Å². The number of ether oxygens (including phenoxy) is 1. The number of guanidine groups is 1. The number of aryl methyl sites for hydroxylation is 1. The van der Waals surface area contributed by atoms with Crippen molar-refractivity contribution in [3.05, 3.63) is 35.5 Å². The second kappa shape index (κ2) is 10.9. The molecule has 0 saturated heterocycles. The molecule has 0 spiro atoms. The highest BCUT2D eigenvalue weighted by Gasteiger charge is 2.21. The van der Waals surface area contributed by atoms with Crippen LogP contribution in [0.3, 0.4) is 0 Å². The van der Waals surface area contributed by atoms with Gasteiger partial charge >= 0.3 is 0 Å². The molecule has 6 heteroatoms. The van der Waals surface area contributed by atoms with Gasteiger partial charge < -0.3 is 19.9 Å². The molecule has 3 rings (SSSR count). The molecule has 5 nitrogen and oxygen atoms in total. The minimum atomic E-state index is 0. The van der Waals surface area contributed by atoms with E-state index in [0.29, 0.717) is 0 Å². The molecule has 0 bridgehead atoms. The zero-order chi connectivity index (χ0) is 18.4. The smallest absolute Gasteiger partial charge is 0.193 e. The highest BCUT2D eigenvalue weighted by atomic mass is 127. The molecule has 0 aliphatic heterocycles. The van der Waals surface area contributed by atoms with Crippen molar-refractivity contribution < 1.29 is 4.74 Å². The van der Waals surface area contributed by atoms with Crippen LogP contribution in [-0.2, 0) is 11.2 Å². The van der Waals surface area contributed by atoms with Gasteiger partial charge in [0, 0.05) is 50.4 Å². The number of hydrogen-bond donors (Lipinski definition) is 2. The number of rotatable bonds is 9. The molecule has 0 amide bonds. The number of fused-ring (bicyclic) bond motifs is 1. The normalized spacial score (nSPS) is 14.3. The van der Waals surface area contributed by atoms with E-state index in [0.717, 1.165) is 51.1 Å². The number of benzene rings is 1. The number of likely N-dealkylation sites (N-methyl/N-ethyl adjacent to an activating group) is 1. The second-order valence-corrected chi connectivity index (χ2v) is 7.24. The van der Waals surface area contributed by atoms with Crippen LogP contribution < -0.4 is 5.32 Å². The van der Waals surface area contributed by atoms with Crippen molar-refractivity contribution in [2.75, 3.05) is 39.9 Å². The minimum absolute atomic E-state index is 0. The first kappa shape index (κ1) is 22.0. The summed E-state index contributed by atoms with van der Waals surface area (Å²) in [5.74, 6) is 1.78. The zero-order valence-electron chi connectivity index (χ0n) is 16.8. The van der Waals surface area contributed by atoms with Crippen molar-refractivity contribution in [3.63, 3.8) is 0 Å². The highest BCUT2D eigenvalue weighted by molar-refractivity contribution is 14.0. The summed E-state index contributed by atoms with van der Waals surface area (Å²) in [5.41, 5.74) is 3.86. The van der Waals surface area contributed by atoms with E-state index in [1.54, 1.807) is 0 Å². The summed E-state index contributed by atoms with van der Waals surface area (Å²) in [7, 11) is 2.08. The topological polar surface area (TPSA) is 52.7 Å². The number of halogens is 1. The van der Waals surface area contributed by atoms with E-state index in [1.807, 2.05) is 0 Å². The number of nitrogens with one attached hydrogen (secondary N) is 2. The summed E-state index contributed by atoms with van der Waals surface area (Å²) in [6.07, 6.45) is 5.74. The molecule has 1 aromatic heterocycles. The van der Waals surface area contributed by atoms with Crippen LogP contribution in [0.4, 0.5) is 0 Å². The van der Waals surface area contributed by atoms with Crippen LogP contribution in [0.5, 0.6) is 0 Å². The molecule has 2 aromatic rings. The van der Waals surface area contributed by atoms with Crippen LogP contribution in [-0.4, -0.2) is 55.7 Å². The summed E-state index contributed by atoms with van der Waals surface area (Å²) >= 11 is 0. The lowest BCUT2D eigenvalue weighted by molar-refractivity contribution is 0.115. The van der Waals surface area contributed by atoms with Gasteiger partial charge in [0.05, 0.1) is 6.61 Å². The number of H-pyrrole nitrogens is 1. The summed E-state index contributed by atoms with van der Waals surface area (Å²) < 4.78 is 5.75. The summed E-state index contributed by atoms with van der Waals surface area (Å²) in [5, 5.41) is 4.70. The molecule has 0 atom stereocenters. The van der Waals surface area contributed by atoms with E-state index in [2.05, 4.69) is 60.5 Å². The molecule has 1 aliphatic rings. The SMILES string of the molecule is CCNC(=NCCc1c[nH]c2c(C)cccc12)N(C)CCOCC1CC1.I. The lowest BCUT2D eigenvalue weighted by Crippen LogP contribution is -2.40. The standard InChI is InChI=1S/C21H32N4O.HI/c1-4-22-21(25(3)12-13-26-15-17-8-9-17)23-11-10-18-14-24-20-16(2)6-5-7-19(18)20;/h5-7,14,17,24H,4,8-13,15H2,1-3H3,(H,22,23);1H. The molecular weight excluding hydrogens is 451 g/mol. The molecule has 0 radical (unpaired) electrons. The number of hydrogen-bond acceptors (Lipinski definition) is 2. The molecule has 2 N–H and O–H groups in total. The lowest BCUT2D eigenvalue weighted by atomic mass is 10.1. The van der Waals surface area contributed by atoms with Gasteiger partial charge in [-0.15, -0.1) is 24.0 Å². The van der Waals surface area contributed by atoms with Gasteiger partial charge in [-0.1, -0.05) is 18.2 Å². The van der Waals surface area contributed by atoms with Gasteiger partial charge in [-0.3, -0.25) is 4.99 Å². The van der Waals surface area contributed by atoms with Gasteiger partial charge in [0.25, 0.3) is 0 Å². The molecule has 27 heavy (non-hydrogen) atoms. The molecule has 1 aliphatic carbocycles. The highest BCUT2D eigenvalue weighted by Crippen LogP contribution is 2.28. The van der Waals surface area contributed by atoms with Crippen LogP contribution in [0.2, 0.25) is 0 Å². The fourth-order valence-electron chi connectivity index (χ4n) is 3.16. The number of aliphatic imine (C=N–C) groups is 1. The Morgan fingerprint density at radius 2 is 2.19 bits per heavy atom. The quantitative estimate of drug-likeness (QED) is 0.245. The maximum absolute atomic E-state index is 5.75. The van der Waals surface area contributed by atoms with Crippen molar-refractivity contribution in [2.24, 2.45) is 10.9 Å². The summed E-state index contributed by atoms with van der Waals surface area (Å²) in [6, 6.07) is 6.45. The fraction of sp³-hybridized carbons (Fsp3) is 0.571. The fourth-order valence-corrected chi connectivity index (χ4v) is 3.16. The molecule has 1 fully saturated rings. The second-order valence-electron chi connectivity index (χ2n) is 7.24. The number of aromatic nitrogens is 1. The Kier molecular flexibility index (Phi) is 8.89. The maximum Gasteiger partial charge on any atom is 0.193 e. The largest absolute Gasteiger partial charge is 0.379 e. The molecule has 1 saturated carbocycles. The Hall–Kier alpha value is -1.28. The maximum atomic E-state index is 5.75. The van der Waals surface area contributed by atoms with Crippen LogP contribution >= 0.6 is 24.0 Å². The third kappa shape index (κ3) is 6.38. The van der Waals surface area contributed by atoms with E-state index in [4.69, 9.17) is 9.73 Å². The Morgan fingerprint density at radius 3 is 2.93 bits per heavy atom. The van der Waals surface area contributed by atoms with Crippen molar-refractivity contribution in [1.29, 1.82) is 0 Å². The van der Waals surface area contributed by atoms with Crippen molar-refractivity contribution >= 4 is 40.8 Å². The van der Waals surface area contributed by atoms with Gasteiger partial charge in [-0.2, -0.15) is 0 Å². The van der Waals surface area contributed by atoms with Crippen LogP contribution in [0.15, 0.2) is 29.4 Å². The zero-order valence-corrected chi connectivity index (χ0v) is 19.1. The molecular formula is C21H33IN4O. The molecule has 0 unspecified atom stereocenters. The first-order valence-corrected chi connectivity index (χ1v) is 9.81. The first-order chi connectivity index (χ1) is 12.7. The van der Waals surface area contributed by atoms with E-state index in [9.17, 15) is 0 Å². The van der Waals surface area contributed by atoms with Gasteiger partial charge in [-0.25, -0.2) is 0 Å². The Balaban J connectivity index is 0.00000261. The lowest BCUT2D eigenvalue weighted by Gasteiger charge is -2.22. The number of aromatic amines is 1. The number of para-hydroxylation sites is 1. The molecule has 150 valence electrons. The van der Waals surface area contributed by atoms with Gasteiger partial charge in [0.15, 0.2) is 5.96 Å². The average molecular weight is 484 g/mol. The monoisotopic (exact) mass is 484 g/mol. The molecule has 1 aromatic carbocycles. The third-order valence-corrected chi connectivity index (χ3v) is 4.97. The van der Waals surface area contributed by atoms with Crippen LogP contribution in [0.1, 0.15) is 30.9 Å². The van der Waals surface area contributed by atoms with Crippen molar-refractivity contribution in [3.8, 4) is 0 Å². The third-order valence-electron chi connectivity index (χ3n) is 4.97. The Bertz CT molecular complexity index is 739. The van der Waals surface area contributed by atoms with E-state index >= 15 is 0 Å². The number of nitrogens with zero attached hydrogens (tertiary/aromatic N) is 2. The predicted molar refractivity (Wildman–Crippen MR) is 124 cm³/mol. The first-order valence-electron chi connectivity index (χ1n) is 9.81. The van der Waals surface area contributed by atoms with E-state index in [1.165, 1.54) is 34.9 Å². The summed E-state index contributed by atoms with van der Waals surface area (Å²) in [4.78, 5) is 10.4. The van der Waals surface area contributed by atoms with E-state index in [-0.39, 0.29) is 24.0 Å². The van der Waals surface area contributed by atoms with Crippen molar-refractivity contribution in [1.82, 2.24) is 15.2 Å². The summed E-state index contributed by atoms with van der Waals surface area (Å²) in [6.45, 7) is 8.44. The Labute approximate surface area is 180 Å². The predicted octanol–water partition coefficient (Wildman–Crippen LogP) is 3.96. The van der Waals surface area contributed by atoms with Crippen LogP contribution in [0, 0.1) is 12.8 Å².